The van der Waals surface area contributed by atoms with Crippen LogP contribution in [0.3, 0.4) is 0 Å². The van der Waals surface area contributed by atoms with Gasteiger partial charge < -0.3 is 10.4 Å². The van der Waals surface area contributed by atoms with Crippen LogP contribution in [-0.2, 0) is 16.6 Å². The Morgan fingerprint density at radius 2 is 1.68 bits per heavy atom. The van der Waals surface area contributed by atoms with Gasteiger partial charge in [0.25, 0.3) is 5.91 Å². The summed E-state index contributed by atoms with van der Waals surface area (Å²) in [6, 6.07) is 12.0. The molecule has 0 saturated carbocycles. The Bertz CT molecular complexity index is 763. The standard InChI is InChI=1S/C20H22FNO3/c1-20(2,3)14-10-8-13(9-11-14)12-17(19(24)25)22-18(23)15-6-4-5-7-16(15)21/h4-11,17H,12H2,1-3H3,(H,22,23)(H,24,25)/t17-/m0/s1. The molecule has 4 nitrogen and oxygen atoms in total. The van der Waals surface area contributed by atoms with Gasteiger partial charge in [0, 0.05) is 6.42 Å². The van der Waals surface area contributed by atoms with E-state index in [1.165, 1.54) is 18.2 Å². The summed E-state index contributed by atoms with van der Waals surface area (Å²) in [6.07, 6.45) is 0.125. The molecule has 0 heterocycles. The summed E-state index contributed by atoms with van der Waals surface area (Å²) in [5.74, 6) is -2.58. The highest BCUT2D eigenvalue weighted by Gasteiger charge is 2.23. The van der Waals surface area contributed by atoms with Gasteiger partial charge in [0.15, 0.2) is 0 Å². The van der Waals surface area contributed by atoms with Gasteiger partial charge in [0.05, 0.1) is 5.56 Å². The van der Waals surface area contributed by atoms with E-state index in [2.05, 4.69) is 26.1 Å². The monoisotopic (exact) mass is 343 g/mol. The van der Waals surface area contributed by atoms with Crippen LogP contribution < -0.4 is 5.32 Å². The first-order chi connectivity index (χ1) is 11.7. The molecule has 0 spiro atoms. The number of carboxylic acids is 1. The molecule has 1 amide bonds. The number of carbonyl (C=O) groups is 2. The molecule has 0 aliphatic heterocycles. The molecule has 2 N–H and O–H groups in total. The van der Waals surface area contributed by atoms with Gasteiger partial charge >= 0.3 is 5.97 Å². The molecule has 5 heteroatoms. The van der Waals surface area contributed by atoms with Gasteiger partial charge in [-0.25, -0.2) is 9.18 Å². The molecule has 0 aromatic heterocycles. The smallest absolute Gasteiger partial charge is 0.326 e. The number of amides is 1. The van der Waals surface area contributed by atoms with Crippen LogP contribution in [0.15, 0.2) is 48.5 Å². The van der Waals surface area contributed by atoms with Crippen LogP contribution in [0, 0.1) is 5.82 Å². The van der Waals surface area contributed by atoms with E-state index in [1.807, 2.05) is 24.3 Å². The van der Waals surface area contributed by atoms with Crippen molar-refractivity contribution in [2.45, 2.75) is 38.6 Å². The first kappa shape index (κ1) is 18.6. The van der Waals surface area contributed by atoms with Crippen molar-refractivity contribution >= 4 is 11.9 Å². The highest BCUT2D eigenvalue weighted by Crippen LogP contribution is 2.22. The van der Waals surface area contributed by atoms with Crippen LogP contribution in [0.2, 0.25) is 0 Å². The van der Waals surface area contributed by atoms with Gasteiger partial charge in [-0.1, -0.05) is 57.2 Å². The van der Waals surface area contributed by atoms with Crippen molar-refractivity contribution in [3.05, 3.63) is 71.0 Å². The van der Waals surface area contributed by atoms with E-state index < -0.39 is 23.7 Å². The van der Waals surface area contributed by atoms with Crippen molar-refractivity contribution in [3.63, 3.8) is 0 Å². The van der Waals surface area contributed by atoms with Crippen molar-refractivity contribution in [2.75, 3.05) is 0 Å². The molecular weight excluding hydrogens is 321 g/mol. The largest absolute Gasteiger partial charge is 0.480 e. The van der Waals surface area contributed by atoms with Gasteiger partial charge in [0.1, 0.15) is 11.9 Å². The summed E-state index contributed by atoms with van der Waals surface area (Å²) in [7, 11) is 0. The van der Waals surface area contributed by atoms with E-state index in [0.29, 0.717) is 0 Å². The number of hydrogen-bond acceptors (Lipinski definition) is 2. The third-order valence-corrected chi connectivity index (χ3v) is 3.98. The van der Waals surface area contributed by atoms with Gasteiger partial charge in [-0.2, -0.15) is 0 Å². The quantitative estimate of drug-likeness (QED) is 0.872. The topological polar surface area (TPSA) is 66.4 Å². The molecule has 0 unspecified atom stereocenters. The number of carboxylic acid groups (broad SMARTS) is 1. The average molecular weight is 343 g/mol. The summed E-state index contributed by atoms with van der Waals surface area (Å²) >= 11 is 0. The lowest BCUT2D eigenvalue weighted by Crippen LogP contribution is -2.42. The number of hydrogen-bond donors (Lipinski definition) is 2. The van der Waals surface area contributed by atoms with E-state index >= 15 is 0 Å². The lowest BCUT2D eigenvalue weighted by atomic mass is 9.86. The fraction of sp³-hybridized carbons (Fsp3) is 0.300. The first-order valence-electron chi connectivity index (χ1n) is 8.06. The minimum atomic E-state index is -1.16. The number of rotatable bonds is 5. The summed E-state index contributed by atoms with van der Waals surface area (Å²) in [6.45, 7) is 6.28. The van der Waals surface area contributed by atoms with E-state index in [9.17, 15) is 19.1 Å². The minimum Gasteiger partial charge on any atom is -0.480 e. The Labute approximate surface area is 146 Å². The second kappa shape index (κ2) is 7.47. The highest BCUT2D eigenvalue weighted by atomic mass is 19.1. The molecule has 0 aliphatic rings. The third kappa shape index (κ3) is 4.89. The van der Waals surface area contributed by atoms with E-state index in [4.69, 9.17) is 0 Å². The first-order valence-corrected chi connectivity index (χ1v) is 8.06. The van der Waals surface area contributed by atoms with Crippen LogP contribution in [0.1, 0.15) is 42.3 Å². The second-order valence-corrected chi connectivity index (χ2v) is 7.00. The van der Waals surface area contributed by atoms with E-state index in [1.54, 1.807) is 0 Å². The Morgan fingerprint density at radius 1 is 1.08 bits per heavy atom. The van der Waals surface area contributed by atoms with Crippen LogP contribution in [-0.4, -0.2) is 23.0 Å². The van der Waals surface area contributed by atoms with Crippen LogP contribution in [0.4, 0.5) is 4.39 Å². The summed E-state index contributed by atoms with van der Waals surface area (Å²) < 4.78 is 13.7. The van der Waals surface area contributed by atoms with Crippen molar-refractivity contribution in [3.8, 4) is 0 Å². The Kier molecular flexibility index (Phi) is 5.57. The molecule has 0 saturated heterocycles. The van der Waals surface area contributed by atoms with Gasteiger partial charge in [-0.05, 0) is 28.7 Å². The fourth-order valence-corrected chi connectivity index (χ4v) is 2.46. The molecule has 2 aromatic carbocycles. The zero-order valence-corrected chi connectivity index (χ0v) is 14.5. The maximum atomic E-state index is 13.7. The normalized spacial score (nSPS) is 12.5. The number of carbonyl (C=O) groups excluding carboxylic acids is 1. The molecule has 25 heavy (non-hydrogen) atoms. The molecular formula is C20H22FNO3. The number of nitrogens with one attached hydrogen (secondary N) is 1. The molecule has 0 bridgehead atoms. The van der Waals surface area contributed by atoms with Crippen molar-refractivity contribution in [1.82, 2.24) is 5.32 Å². The molecule has 132 valence electrons. The SMILES string of the molecule is CC(C)(C)c1ccc(C[C@H](NC(=O)c2ccccc2F)C(=O)O)cc1. The molecule has 0 radical (unpaired) electrons. The summed E-state index contributed by atoms with van der Waals surface area (Å²) in [5, 5.41) is 11.8. The van der Waals surface area contributed by atoms with Gasteiger partial charge in [-0.3, -0.25) is 4.79 Å². The minimum absolute atomic E-state index is 0.00375. The summed E-state index contributed by atoms with van der Waals surface area (Å²) in [4.78, 5) is 23.6. The van der Waals surface area contributed by atoms with Crippen molar-refractivity contribution in [2.24, 2.45) is 0 Å². The molecule has 1 atom stereocenters. The van der Waals surface area contributed by atoms with Gasteiger partial charge in [0.2, 0.25) is 0 Å². The summed E-state index contributed by atoms with van der Waals surface area (Å²) in [5.41, 5.74) is 1.76. The highest BCUT2D eigenvalue weighted by molar-refractivity contribution is 5.96. The second-order valence-electron chi connectivity index (χ2n) is 7.00. The molecule has 2 rings (SSSR count). The number of aliphatic carboxylic acids is 1. The Morgan fingerprint density at radius 3 is 2.20 bits per heavy atom. The Hall–Kier alpha value is -2.69. The van der Waals surface area contributed by atoms with E-state index in [0.717, 1.165) is 17.2 Å². The maximum absolute atomic E-state index is 13.7. The number of benzene rings is 2. The zero-order chi connectivity index (χ0) is 18.6. The zero-order valence-electron chi connectivity index (χ0n) is 14.5. The molecule has 0 fully saturated rings. The Balaban J connectivity index is 2.12. The third-order valence-electron chi connectivity index (χ3n) is 3.98. The van der Waals surface area contributed by atoms with Crippen LogP contribution >= 0.6 is 0 Å². The fourth-order valence-electron chi connectivity index (χ4n) is 2.46. The van der Waals surface area contributed by atoms with E-state index in [-0.39, 0.29) is 17.4 Å². The molecule has 0 aliphatic carbocycles. The maximum Gasteiger partial charge on any atom is 0.326 e. The lowest BCUT2D eigenvalue weighted by molar-refractivity contribution is -0.139. The van der Waals surface area contributed by atoms with Gasteiger partial charge in [-0.15, -0.1) is 0 Å². The predicted octanol–water partition coefficient (Wildman–Crippen LogP) is 3.55. The predicted molar refractivity (Wildman–Crippen MR) is 94.1 cm³/mol. The van der Waals surface area contributed by atoms with Crippen LogP contribution in [0.25, 0.3) is 0 Å². The molecule has 2 aromatic rings. The lowest BCUT2D eigenvalue weighted by Gasteiger charge is -2.20. The van der Waals surface area contributed by atoms with Crippen molar-refractivity contribution < 1.29 is 19.1 Å². The van der Waals surface area contributed by atoms with Crippen molar-refractivity contribution in [1.29, 1.82) is 0 Å². The number of halogens is 1. The van der Waals surface area contributed by atoms with Crippen LogP contribution in [0.5, 0.6) is 0 Å². The average Bonchev–Trinajstić information content (AvgIpc) is 2.54.